The number of benzene rings is 2. The Kier molecular flexibility index (Phi) is 5.74. The number of esters is 1. The molecule has 0 fully saturated rings. The van der Waals surface area contributed by atoms with Gasteiger partial charge in [-0.3, -0.25) is 4.79 Å². The largest absolute Gasteiger partial charge is 0.482 e. The SMILES string of the molecule is COC(=O)COc1cccc(NC(=O)Cc2ccc(C)cc2)c1. The predicted octanol–water partition coefficient (Wildman–Crippen LogP) is 2.73. The number of hydrogen-bond acceptors (Lipinski definition) is 4. The molecular formula is C18H19NO4. The summed E-state index contributed by atoms with van der Waals surface area (Å²) < 4.78 is 9.79. The summed E-state index contributed by atoms with van der Waals surface area (Å²) in [4.78, 5) is 23.1. The molecule has 0 saturated heterocycles. The van der Waals surface area contributed by atoms with Crippen LogP contribution in [0.15, 0.2) is 48.5 Å². The third-order valence-electron chi connectivity index (χ3n) is 3.19. The number of hydrogen-bond donors (Lipinski definition) is 1. The van der Waals surface area contributed by atoms with Crippen molar-refractivity contribution in [2.45, 2.75) is 13.3 Å². The molecule has 0 aliphatic carbocycles. The molecule has 0 radical (unpaired) electrons. The molecule has 0 bridgehead atoms. The lowest BCUT2D eigenvalue weighted by atomic mass is 10.1. The molecule has 120 valence electrons. The minimum absolute atomic E-state index is 0.112. The predicted molar refractivity (Wildman–Crippen MR) is 87.5 cm³/mol. The van der Waals surface area contributed by atoms with Gasteiger partial charge in [0.15, 0.2) is 6.61 Å². The molecule has 1 N–H and O–H groups in total. The molecule has 23 heavy (non-hydrogen) atoms. The standard InChI is InChI=1S/C18H19NO4/c1-13-6-8-14(9-7-13)10-17(20)19-15-4-3-5-16(11-15)23-12-18(21)22-2/h3-9,11H,10,12H2,1-2H3,(H,19,20). The monoisotopic (exact) mass is 313 g/mol. The molecule has 0 aliphatic rings. The summed E-state index contributed by atoms with van der Waals surface area (Å²) in [5.41, 5.74) is 2.72. The van der Waals surface area contributed by atoms with Crippen molar-refractivity contribution in [2.24, 2.45) is 0 Å². The van der Waals surface area contributed by atoms with E-state index < -0.39 is 5.97 Å². The zero-order valence-corrected chi connectivity index (χ0v) is 13.2. The van der Waals surface area contributed by atoms with E-state index in [-0.39, 0.29) is 12.5 Å². The van der Waals surface area contributed by atoms with Crippen molar-refractivity contribution >= 4 is 17.6 Å². The number of methoxy groups -OCH3 is 1. The topological polar surface area (TPSA) is 64.6 Å². The lowest BCUT2D eigenvalue weighted by molar-refractivity contribution is -0.142. The molecule has 5 nitrogen and oxygen atoms in total. The number of aryl methyl sites for hydroxylation is 1. The van der Waals surface area contributed by atoms with E-state index in [9.17, 15) is 9.59 Å². The summed E-state index contributed by atoms with van der Waals surface area (Å²) >= 11 is 0. The molecule has 0 aliphatic heterocycles. The first-order chi connectivity index (χ1) is 11.1. The highest BCUT2D eigenvalue weighted by Gasteiger charge is 2.06. The second kappa shape index (κ2) is 7.98. The summed E-state index contributed by atoms with van der Waals surface area (Å²) in [6.07, 6.45) is 0.299. The minimum atomic E-state index is -0.459. The van der Waals surface area contributed by atoms with Gasteiger partial charge >= 0.3 is 5.97 Å². The molecule has 0 unspecified atom stereocenters. The van der Waals surface area contributed by atoms with Crippen LogP contribution in [-0.4, -0.2) is 25.6 Å². The summed E-state index contributed by atoms with van der Waals surface area (Å²) in [6, 6.07) is 14.7. The Bertz CT molecular complexity index is 680. The fraction of sp³-hybridized carbons (Fsp3) is 0.222. The van der Waals surface area contributed by atoms with E-state index in [2.05, 4.69) is 10.1 Å². The smallest absolute Gasteiger partial charge is 0.343 e. The number of anilines is 1. The van der Waals surface area contributed by atoms with Gasteiger partial charge in [-0.25, -0.2) is 4.79 Å². The highest BCUT2D eigenvalue weighted by molar-refractivity contribution is 5.92. The van der Waals surface area contributed by atoms with Crippen LogP contribution in [-0.2, 0) is 20.7 Å². The molecular weight excluding hydrogens is 294 g/mol. The second-order valence-electron chi connectivity index (χ2n) is 5.10. The maximum Gasteiger partial charge on any atom is 0.343 e. The van der Waals surface area contributed by atoms with Crippen LogP contribution in [0.2, 0.25) is 0 Å². The van der Waals surface area contributed by atoms with Gasteiger partial charge in [0.25, 0.3) is 0 Å². The number of rotatable bonds is 6. The Morgan fingerprint density at radius 3 is 2.52 bits per heavy atom. The van der Waals surface area contributed by atoms with Gasteiger partial charge in [-0.05, 0) is 24.6 Å². The Labute approximate surface area is 135 Å². The third kappa shape index (κ3) is 5.47. The van der Waals surface area contributed by atoms with Crippen LogP contribution < -0.4 is 10.1 Å². The van der Waals surface area contributed by atoms with E-state index in [0.29, 0.717) is 17.9 Å². The Balaban J connectivity index is 1.92. The third-order valence-corrected chi connectivity index (χ3v) is 3.19. The summed E-state index contributed by atoms with van der Waals surface area (Å²) in [5.74, 6) is -0.0821. The van der Waals surface area contributed by atoms with Gasteiger partial charge in [0.1, 0.15) is 5.75 Å². The first-order valence-corrected chi connectivity index (χ1v) is 7.22. The van der Waals surface area contributed by atoms with Crippen LogP contribution in [0.25, 0.3) is 0 Å². The highest BCUT2D eigenvalue weighted by Crippen LogP contribution is 2.17. The molecule has 0 saturated carbocycles. The maximum atomic E-state index is 12.1. The first kappa shape index (κ1) is 16.5. The number of carbonyl (C=O) groups is 2. The van der Waals surface area contributed by atoms with Crippen molar-refractivity contribution < 1.29 is 19.1 Å². The zero-order valence-electron chi connectivity index (χ0n) is 13.2. The number of carbonyl (C=O) groups excluding carboxylic acids is 2. The van der Waals surface area contributed by atoms with Crippen LogP contribution in [0.5, 0.6) is 5.75 Å². The molecule has 0 spiro atoms. The van der Waals surface area contributed by atoms with Crippen LogP contribution >= 0.6 is 0 Å². The Hall–Kier alpha value is -2.82. The van der Waals surface area contributed by atoms with Crippen LogP contribution in [0, 0.1) is 6.92 Å². The molecule has 2 rings (SSSR count). The number of nitrogens with one attached hydrogen (secondary N) is 1. The van der Waals surface area contributed by atoms with Gasteiger partial charge in [-0.1, -0.05) is 35.9 Å². The number of amides is 1. The van der Waals surface area contributed by atoms with Crippen LogP contribution in [0.4, 0.5) is 5.69 Å². The molecule has 0 atom stereocenters. The van der Waals surface area contributed by atoms with Gasteiger partial charge < -0.3 is 14.8 Å². The summed E-state index contributed by atoms with van der Waals surface area (Å²) in [7, 11) is 1.30. The van der Waals surface area contributed by atoms with Crippen LogP contribution in [0.1, 0.15) is 11.1 Å². The summed E-state index contributed by atoms with van der Waals surface area (Å²) in [5, 5.41) is 2.81. The van der Waals surface area contributed by atoms with E-state index in [4.69, 9.17) is 4.74 Å². The van der Waals surface area contributed by atoms with E-state index in [1.807, 2.05) is 31.2 Å². The zero-order chi connectivity index (χ0) is 16.7. The van der Waals surface area contributed by atoms with Gasteiger partial charge in [0.2, 0.25) is 5.91 Å². The van der Waals surface area contributed by atoms with Crippen LogP contribution in [0.3, 0.4) is 0 Å². The van der Waals surface area contributed by atoms with E-state index in [1.54, 1.807) is 24.3 Å². The van der Waals surface area contributed by atoms with Gasteiger partial charge in [0.05, 0.1) is 13.5 Å². The summed E-state index contributed by atoms with van der Waals surface area (Å²) in [6.45, 7) is 1.83. The van der Waals surface area contributed by atoms with Gasteiger partial charge in [-0.15, -0.1) is 0 Å². The molecule has 2 aromatic carbocycles. The lowest BCUT2D eigenvalue weighted by Crippen LogP contribution is -2.15. The minimum Gasteiger partial charge on any atom is -0.482 e. The van der Waals surface area contributed by atoms with Crippen molar-refractivity contribution in [1.82, 2.24) is 0 Å². The molecule has 1 amide bonds. The average Bonchev–Trinajstić information content (AvgIpc) is 2.55. The fourth-order valence-corrected chi connectivity index (χ4v) is 1.96. The fourth-order valence-electron chi connectivity index (χ4n) is 1.96. The average molecular weight is 313 g/mol. The molecule has 5 heteroatoms. The second-order valence-corrected chi connectivity index (χ2v) is 5.10. The van der Waals surface area contributed by atoms with Crippen molar-refractivity contribution in [3.05, 3.63) is 59.7 Å². The van der Waals surface area contributed by atoms with Gasteiger partial charge in [0, 0.05) is 11.8 Å². The van der Waals surface area contributed by atoms with Gasteiger partial charge in [-0.2, -0.15) is 0 Å². The van der Waals surface area contributed by atoms with E-state index >= 15 is 0 Å². The van der Waals surface area contributed by atoms with E-state index in [1.165, 1.54) is 7.11 Å². The van der Waals surface area contributed by atoms with Crippen molar-refractivity contribution in [2.75, 3.05) is 19.0 Å². The van der Waals surface area contributed by atoms with Crippen molar-refractivity contribution in [3.63, 3.8) is 0 Å². The molecule has 2 aromatic rings. The maximum absolute atomic E-state index is 12.1. The normalized spacial score (nSPS) is 10.0. The Morgan fingerprint density at radius 2 is 1.83 bits per heavy atom. The number of ether oxygens (including phenoxy) is 2. The van der Waals surface area contributed by atoms with Crippen molar-refractivity contribution in [3.8, 4) is 5.75 Å². The lowest BCUT2D eigenvalue weighted by Gasteiger charge is -2.09. The van der Waals surface area contributed by atoms with E-state index in [0.717, 1.165) is 11.1 Å². The molecule has 0 heterocycles. The molecule has 0 aromatic heterocycles. The Morgan fingerprint density at radius 1 is 1.09 bits per heavy atom. The first-order valence-electron chi connectivity index (χ1n) is 7.22. The van der Waals surface area contributed by atoms with Crippen molar-refractivity contribution in [1.29, 1.82) is 0 Å². The highest BCUT2D eigenvalue weighted by atomic mass is 16.6. The quantitative estimate of drug-likeness (QED) is 0.833.